The summed E-state index contributed by atoms with van der Waals surface area (Å²) in [6.45, 7) is 0. The molecule has 0 unspecified atom stereocenters. The molecule has 9 aromatic carbocycles. The number of nitrogens with zero attached hydrogens (tertiary/aromatic N) is 4. The van der Waals surface area contributed by atoms with Gasteiger partial charge in [-0.25, -0.2) is 15.0 Å². The molecule has 288 valence electrons. The maximum atomic E-state index is 5.09. The van der Waals surface area contributed by atoms with E-state index in [2.05, 4.69) is 162 Å². The van der Waals surface area contributed by atoms with Crippen LogP contribution in [-0.2, 0) is 5.41 Å². The normalized spacial score (nSPS) is 13.0. The van der Waals surface area contributed by atoms with Gasteiger partial charge in [0.1, 0.15) is 0 Å². The average Bonchev–Trinajstić information content (AvgIpc) is 3.96. The van der Waals surface area contributed by atoms with Gasteiger partial charge in [-0.2, -0.15) is 0 Å². The molecule has 4 nitrogen and oxygen atoms in total. The van der Waals surface area contributed by atoms with Crippen molar-refractivity contribution in [2.24, 2.45) is 0 Å². The van der Waals surface area contributed by atoms with E-state index >= 15 is 0 Å². The molecule has 2 aromatic heterocycles. The molecule has 62 heavy (non-hydrogen) atoms. The van der Waals surface area contributed by atoms with E-state index in [-0.39, 0.29) is 0 Å². The number of hydrogen-bond acceptors (Lipinski definition) is 3. The number of benzene rings is 9. The zero-order chi connectivity index (χ0) is 40.8. The minimum atomic E-state index is -0.394. The van der Waals surface area contributed by atoms with Gasteiger partial charge in [0.05, 0.1) is 16.4 Å². The fraction of sp³-hybridized carbons (Fsp3) is 0.0172. The van der Waals surface area contributed by atoms with Gasteiger partial charge in [0.15, 0.2) is 17.5 Å². The number of fused-ring (bicyclic) bond motifs is 13. The molecule has 0 radical (unpaired) electrons. The SMILES string of the molecule is c1ccc(-c2nc(-c3ccccc3)nc(-c3ccc4c5cc(-c6cccc7c6-c6ccccc6C76c7ccccc7-c7ccccc76)ccc5n(-c5ccccc5)c4c3)n2)cc1. The van der Waals surface area contributed by atoms with Gasteiger partial charge in [0, 0.05) is 33.2 Å². The second kappa shape index (κ2) is 13.4. The highest BCUT2D eigenvalue weighted by Gasteiger charge is 2.51. The molecule has 4 heteroatoms. The Kier molecular flexibility index (Phi) is 7.49. The Balaban J connectivity index is 1.03. The van der Waals surface area contributed by atoms with Crippen molar-refractivity contribution in [1.82, 2.24) is 19.5 Å². The molecule has 2 heterocycles. The predicted octanol–water partition coefficient (Wildman–Crippen LogP) is 14.0. The van der Waals surface area contributed by atoms with E-state index in [4.69, 9.17) is 15.0 Å². The van der Waals surface area contributed by atoms with Gasteiger partial charge in [0.2, 0.25) is 0 Å². The van der Waals surface area contributed by atoms with Crippen LogP contribution in [0.1, 0.15) is 22.3 Å². The highest BCUT2D eigenvalue weighted by atomic mass is 15.0. The van der Waals surface area contributed by atoms with Crippen molar-refractivity contribution in [3.63, 3.8) is 0 Å². The summed E-state index contributed by atoms with van der Waals surface area (Å²) in [4.78, 5) is 15.1. The van der Waals surface area contributed by atoms with Crippen LogP contribution in [0.5, 0.6) is 0 Å². The van der Waals surface area contributed by atoms with Gasteiger partial charge in [0.25, 0.3) is 0 Å². The summed E-state index contributed by atoms with van der Waals surface area (Å²) in [6, 6.07) is 78.7. The van der Waals surface area contributed by atoms with Crippen molar-refractivity contribution < 1.29 is 0 Å². The van der Waals surface area contributed by atoms with Crippen LogP contribution in [0.4, 0.5) is 0 Å². The lowest BCUT2D eigenvalue weighted by molar-refractivity contribution is 0.794. The first-order valence-electron chi connectivity index (χ1n) is 21.2. The fourth-order valence-corrected chi connectivity index (χ4v) is 10.5. The third-order valence-electron chi connectivity index (χ3n) is 13.1. The fourth-order valence-electron chi connectivity index (χ4n) is 10.5. The second-order valence-corrected chi connectivity index (χ2v) is 16.3. The van der Waals surface area contributed by atoms with Crippen molar-refractivity contribution in [1.29, 1.82) is 0 Å². The van der Waals surface area contributed by atoms with Gasteiger partial charge >= 0.3 is 0 Å². The molecule has 1 spiro atoms. The summed E-state index contributed by atoms with van der Waals surface area (Å²) in [6.07, 6.45) is 0. The van der Waals surface area contributed by atoms with E-state index in [0.29, 0.717) is 17.5 Å². The molecule has 0 N–H and O–H groups in total. The Morgan fingerprint density at radius 3 is 1.42 bits per heavy atom. The zero-order valence-corrected chi connectivity index (χ0v) is 33.6. The Labute approximate surface area is 359 Å². The van der Waals surface area contributed by atoms with E-state index < -0.39 is 5.41 Å². The molecule has 11 aromatic rings. The van der Waals surface area contributed by atoms with E-state index in [1.165, 1.54) is 61.0 Å². The molecule has 0 aliphatic heterocycles. The van der Waals surface area contributed by atoms with E-state index in [1.807, 2.05) is 60.7 Å². The van der Waals surface area contributed by atoms with Crippen molar-refractivity contribution in [2.75, 3.05) is 0 Å². The topological polar surface area (TPSA) is 43.6 Å². The van der Waals surface area contributed by atoms with Crippen molar-refractivity contribution >= 4 is 21.8 Å². The molecule has 2 aliphatic carbocycles. The van der Waals surface area contributed by atoms with Gasteiger partial charge in [-0.3, -0.25) is 0 Å². The van der Waals surface area contributed by atoms with Crippen molar-refractivity contribution in [3.8, 4) is 73.2 Å². The highest BCUT2D eigenvalue weighted by molar-refractivity contribution is 6.12. The Hall–Kier alpha value is -8.21. The van der Waals surface area contributed by atoms with Crippen LogP contribution in [-0.4, -0.2) is 19.5 Å². The van der Waals surface area contributed by atoms with Crippen LogP contribution in [0.15, 0.2) is 218 Å². The lowest BCUT2D eigenvalue weighted by Gasteiger charge is -2.30. The average molecular weight is 789 g/mol. The number of rotatable bonds is 5. The van der Waals surface area contributed by atoms with Crippen LogP contribution in [0.3, 0.4) is 0 Å². The molecule has 0 saturated carbocycles. The second-order valence-electron chi connectivity index (χ2n) is 16.3. The van der Waals surface area contributed by atoms with Crippen LogP contribution < -0.4 is 0 Å². The van der Waals surface area contributed by atoms with Crippen LogP contribution in [0, 0.1) is 0 Å². The highest BCUT2D eigenvalue weighted by Crippen LogP contribution is 2.64. The number of aromatic nitrogens is 4. The smallest absolute Gasteiger partial charge is 0.164 e. The van der Waals surface area contributed by atoms with E-state index in [9.17, 15) is 0 Å². The van der Waals surface area contributed by atoms with E-state index in [1.54, 1.807) is 0 Å². The Bertz CT molecular complexity index is 3470. The van der Waals surface area contributed by atoms with Gasteiger partial charge < -0.3 is 4.57 Å². The first-order valence-corrected chi connectivity index (χ1v) is 21.2. The zero-order valence-electron chi connectivity index (χ0n) is 33.6. The molecular formula is C58H36N4. The molecule has 0 bridgehead atoms. The van der Waals surface area contributed by atoms with Crippen LogP contribution >= 0.6 is 0 Å². The minimum absolute atomic E-state index is 0.394. The molecular weight excluding hydrogens is 753 g/mol. The molecule has 0 amide bonds. The van der Waals surface area contributed by atoms with Gasteiger partial charge in [-0.1, -0.05) is 188 Å². The quantitative estimate of drug-likeness (QED) is 0.174. The Morgan fingerprint density at radius 1 is 0.306 bits per heavy atom. The third-order valence-corrected chi connectivity index (χ3v) is 13.1. The lowest BCUT2D eigenvalue weighted by atomic mass is 9.70. The summed E-state index contributed by atoms with van der Waals surface area (Å²) in [7, 11) is 0. The summed E-state index contributed by atoms with van der Waals surface area (Å²) in [5.41, 5.74) is 18.8. The molecule has 2 aliphatic rings. The van der Waals surface area contributed by atoms with Crippen molar-refractivity contribution in [2.45, 2.75) is 5.41 Å². The largest absolute Gasteiger partial charge is 0.309 e. The lowest BCUT2D eigenvalue weighted by Crippen LogP contribution is -2.25. The summed E-state index contributed by atoms with van der Waals surface area (Å²) >= 11 is 0. The molecule has 13 rings (SSSR count). The minimum Gasteiger partial charge on any atom is -0.309 e. The monoisotopic (exact) mass is 788 g/mol. The third kappa shape index (κ3) is 4.92. The number of para-hydroxylation sites is 1. The predicted molar refractivity (Wildman–Crippen MR) is 252 cm³/mol. The Morgan fingerprint density at radius 2 is 0.790 bits per heavy atom. The first-order chi connectivity index (χ1) is 30.8. The maximum Gasteiger partial charge on any atom is 0.164 e. The summed E-state index contributed by atoms with van der Waals surface area (Å²) in [5.74, 6) is 1.92. The van der Waals surface area contributed by atoms with Gasteiger partial charge in [-0.15, -0.1) is 0 Å². The molecule has 0 saturated heterocycles. The summed E-state index contributed by atoms with van der Waals surface area (Å²) < 4.78 is 2.38. The van der Waals surface area contributed by atoms with Gasteiger partial charge in [-0.05, 0) is 86.0 Å². The van der Waals surface area contributed by atoms with E-state index in [0.717, 1.165) is 38.8 Å². The molecule has 0 fully saturated rings. The summed E-state index contributed by atoms with van der Waals surface area (Å²) in [5, 5.41) is 2.35. The number of hydrogen-bond donors (Lipinski definition) is 0. The standard InChI is InChI=1S/C58H36N4/c1-4-17-37(18-5-1)55-59-56(38-19-6-2-7-20-38)61-57(60-55)40-31-33-45-47-35-39(32-34-52(47)62(53(45)36-40)41-21-8-3-9-22-41)42-26-16-30-51-54(42)46-25-12-15-29-50(46)58(51)48-27-13-10-23-43(48)44-24-11-14-28-49(44)58/h1-36H. The molecule has 0 atom stereocenters. The van der Waals surface area contributed by atoms with Crippen LogP contribution in [0.2, 0.25) is 0 Å². The van der Waals surface area contributed by atoms with Crippen molar-refractivity contribution in [3.05, 3.63) is 241 Å². The maximum absolute atomic E-state index is 5.09. The van der Waals surface area contributed by atoms with Crippen LogP contribution in [0.25, 0.3) is 95.0 Å². The first kappa shape index (κ1) is 34.6.